The van der Waals surface area contributed by atoms with Gasteiger partial charge < -0.3 is 9.92 Å². The van der Waals surface area contributed by atoms with E-state index in [-0.39, 0.29) is 16.3 Å². The van der Waals surface area contributed by atoms with E-state index >= 15 is 0 Å². The first-order valence-electron chi connectivity index (χ1n) is 7.94. The molecule has 3 aromatic carbocycles. The Morgan fingerprint density at radius 2 is 1.54 bits per heavy atom. The summed E-state index contributed by atoms with van der Waals surface area (Å²) in [7, 11) is -3.97. The second-order valence-electron chi connectivity index (χ2n) is 6.05. The molecule has 4 nitrogen and oxygen atoms in total. The van der Waals surface area contributed by atoms with Crippen LogP contribution in [0.25, 0.3) is 11.1 Å². The van der Waals surface area contributed by atoms with Gasteiger partial charge in [-0.15, -0.1) is 0 Å². The number of hydrogen-bond acceptors (Lipinski definition) is 4. The fourth-order valence-electron chi connectivity index (χ4n) is 2.61. The summed E-state index contributed by atoms with van der Waals surface area (Å²) in [5.41, 5.74) is 9.92. The molecule has 3 aromatic rings. The first-order chi connectivity index (χ1) is 12.3. The zero-order valence-corrected chi connectivity index (χ0v) is 16.8. The number of nitrogen functional groups attached to an aromatic ring is 1. The molecule has 0 aromatic heterocycles. The highest BCUT2D eigenvalue weighted by Gasteiger charge is 2.20. The normalized spacial score (nSPS) is 11.3. The molecule has 0 fully saturated rings. The quantitative estimate of drug-likeness (QED) is 0.461. The Kier molecular flexibility index (Phi) is 5.07. The maximum atomic E-state index is 12.6. The molecule has 0 unspecified atom stereocenters. The summed E-state index contributed by atoms with van der Waals surface area (Å²) < 4.78 is 31.4. The van der Waals surface area contributed by atoms with Gasteiger partial charge in [-0.1, -0.05) is 51.8 Å². The minimum atomic E-state index is -3.97. The van der Waals surface area contributed by atoms with Crippen molar-refractivity contribution in [2.45, 2.75) is 18.7 Å². The van der Waals surface area contributed by atoms with E-state index in [1.54, 1.807) is 18.2 Å². The standard InChI is InChI=1S/C20H18BrNO3S/c1-13-7-9-15(10-8-13)26(23,24)25-19-12-14(2)11-17(20(19)22)16-5-3-4-6-18(16)21/h3-12H,22H2,1-2H3. The van der Waals surface area contributed by atoms with Crippen LogP contribution in [0, 0.1) is 13.8 Å². The maximum absolute atomic E-state index is 12.6. The zero-order valence-electron chi connectivity index (χ0n) is 14.4. The van der Waals surface area contributed by atoms with Crippen LogP contribution in [-0.2, 0) is 10.1 Å². The molecule has 0 amide bonds. The number of rotatable bonds is 4. The van der Waals surface area contributed by atoms with Gasteiger partial charge in [-0.2, -0.15) is 8.42 Å². The van der Waals surface area contributed by atoms with Crippen LogP contribution < -0.4 is 9.92 Å². The molecule has 0 aliphatic rings. The van der Waals surface area contributed by atoms with Crippen LogP contribution in [0.5, 0.6) is 5.75 Å². The molecule has 0 spiro atoms. The van der Waals surface area contributed by atoms with Gasteiger partial charge >= 0.3 is 10.1 Å². The summed E-state index contributed by atoms with van der Waals surface area (Å²) in [5.74, 6) is 0.122. The van der Waals surface area contributed by atoms with E-state index in [1.807, 2.05) is 44.2 Å². The van der Waals surface area contributed by atoms with E-state index in [4.69, 9.17) is 9.92 Å². The van der Waals surface area contributed by atoms with Crippen molar-refractivity contribution in [3.8, 4) is 16.9 Å². The molecule has 0 radical (unpaired) electrons. The number of nitrogens with two attached hydrogens (primary N) is 1. The van der Waals surface area contributed by atoms with Crippen molar-refractivity contribution in [1.29, 1.82) is 0 Å². The largest absolute Gasteiger partial charge is 0.395 e. The Morgan fingerprint density at radius 1 is 0.885 bits per heavy atom. The molecule has 0 saturated heterocycles. The molecule has 134 valence electrons. The number of benzene rings is 3. The minimum Gasteiger partial charge on any atom is -0.395 e. The Balaban J connectivity index is 2.06. The Hall–Kier alpha value is -2.31. The van der Waals surface area contributed by atoms with Gasteiger partial charge in [0.15, 0.2) is 5.75 Å². The lowest BCUT2D eigenvalue weighted by atomic mass is 10.0. The molecule has 26 heavy (non-hydrogen) atoms. The van der Waals surface area contributed by atoms with Gasteiger partial charge in [0.1, 0.15) is 4.90 Å². The fraction of sp³-hybridized carbons (Fsp3) is 0.100. The molecule has 0 saturated carbocycles. The summed E-state index contributed by atoms with van der Waals surface area (Å²) in [4.78, 5) is 0.0893. The third-order valence-electron chi connectivity index (χ3n) is 3.96. The van der Waals surface area contributed by atoms with Gasteiger partial charge in [0.25, 0.3) is 0 Å². The van der Waals surface area contributed by atoms with Crippen molar-refractivity contribution >= 4 is 31.7 Å². The van der Waals surface area contributed by atoms with Crippen LogP contribution in [0.15, 0.2) is 70.0 Å². The van der Waals surface area contributed by atoms with Gasteiger partial charge in [0.2, 0.25) is 0 Å². The summed E-state index contributed by atoms with van der Waals surface area (Å²) in [6.07, 6.45) is 0. The van der Waals surface area contributed by atoms with Crippen LogP contribution >= 0.6 is 15.9 Å². The zero-order chi connectivity index (χ0) is 18.9. The Bertz CT molecular complexity index is 1060. The molecule has 3 rings (SSSR count). The Morgan fingerprint density at radius 3 is 2.19 bits per heavy atom. The van der Waals surface area contributed by atoms with E-state index in [1.165, 1.54) is 12.1 Å². The fourth-order valence-corrected chi connectivity index (χ4v) is 4.05. The van der Waals surface area contributed by atoms with Crippen molar-refractivity contribution in [1.82, 2.24) is 0 Å². The van der Waals surface area contributed by atoms with Gasteiger partial charge in [0.05, 0.1) is 5.69 Å². The second-order valence-corrected chi connectivity index (χ2v) is 8.46. The first-order valence-corrected chi connectivity index (χ1v) is 10.1. The lowest BCUT2D eigenvalue weighted by Gasteiger charge is -2.15. The molecule has 0 bridgehead atoms. The van der Waals surface area contributed by atoms with Gasteiger partial charge in [-0.3, -0.25) is 0 Å². The second kappa shape index (κ2) is 7.13. The van der Waals surface area contributed by atoms with Crippen LogP contribution in [0.3, 0.4) is 0 Å². The third-order valence-corrected chi connectivity index (χ3v) is 5.90. The molecule has 6 heteroatoms. The number of hydrogen-bond donors (Lipinski definition) is 1. The number of halogens is 1. The molecule has 0 heterocycles. The Labute approximate surface area is 161 Å². The lowest BCUT2D eigenvalue weighted by molar-refractivity contribution is 0.487. The van der Waals surface area contributed by atoms with Crippen LogP contribution in [0.1, 0.15) is 11.1 Å². The van der Waals surface area contributed by atoms with E-state index in [0.29, 0.717) is 5.56 Å². The summed E-state index contributed by atoms with van der Waals surface area (Å²) in [5, 5.41) is 0. The van der Waals surface area contributed by atoms with E-state index in [0.717, 1.165) is 21.2 Å². The number of anilines is 1. The van der Waals surface area contributed by atoms with Crippen molar-refractivity contribution < 1.29 is 12.6 Å². The molecular formula is C20H18BrNO3S. The average Bonchev–Trinajstić information content (AvgIpc) is 2.58. The van der Waals surface area contributed by atoms with Gasteiger partial charge in [-0.25, -0.2) is 0 Å². The van der Waals surface area contributed by atoms with E-state index in [2.05, 4.69) is 15.9 Å². The van der Waals surface area contributed by atoms with Crippen molar-refractivity contribution in [3.05, 3.63) is 76.3 Å². The monoisotopic (exact) mass is 431 g/mol. The summed E-state index contributed by atoms with van der Waals surface area (Å²) in [6.45, 7) is 3.75. The molecule has 0 aliphatic carbocycles. The predicted octanol–water partition coefficient (Wildman–Crippen LogP) is 5.08. The summed E-state index contributed by atoms with van der Waals surface area (Å²) in [6, 6.07) is 17.6. The first kappa shape index (κ1) is 18.5. The van der Waals surface area contributed by atoms with Crippen molar-refractivity contribution in [3.63, 3.8) is 0 Å². The summed E-state index contributed by atoms with van der Waals surface area (Å²) >= 11 is 3.51. The van der Waals surface area contributed by atoms with E-state index < -0.39 is 10.1 Å². The minimum absolute atomic E-state index is 0.0893. The lowest BCUT2D eigenvalue weighted by Crippen LogP contribution is -2.11. The van der Waals surface area contributed by atoms with Gasteiger partial charge in [-0.05, 0) is 55.3 Å². The molecular weight excluding hydrogens is 414 g/mol. The SMILES string of the molecule is Cc1ccc(S(=O)(=O)Oc2cc(C)cc(-c3ccccc3Br)c2N)cc1. The average molecular weight is 432 g/mol. The maximum Gasteiger partial charge on any atom is 0.339 e. The van der Waals surface area contributed by atoms with Crippen molar-refractivity contribution in [2.75, 3.05) is 5.73 Å². The van der Waals surface area contributed by atoms with E-state index in [9.17, 15) is 8.42 Å². The topological polar surface area (TPSA) is 69.4 Å². The van der Waals surface area contributed by atoms with Crippen LogP contribution in [-0.4, -0.2) is 8.42 Å². The number of aryl methyl sites for hydroxylation is 2. The molecule has 2 N–H and O–H groups in total. The highest BCUT2D eigenvalue weighted by Crippen LogP contribution is 2.39. The third kappa shape index (κ3) is 3.76. The van der Waals surface area contributed by atoms with Gasteiger partial charge in [0, 0.05) is 10.0 Å². The molecule has 0 aliphatic heterocycles. The van der Waals surface area contributed by atoms with Crippen molar-refractivity contribution in [2.24, 2.45) is 0 Å². The smallest absolute Gasteiger partial charge is 0.339 e. The molecule has 0 atom stereocenters. The highest BCUT2D eigenvalue weighted by atomic mass is 79.9. The highest BCUT2D eigenvalue weighted by molar-refractivity contribution is 9.10. The van der Waals surface area contributed by atoms with Crippen LogP contribution in [0.4, 0.5) is 5.69 Å². The predicted molar refractivity (Wildman–Crippen MR) is 108 cm³/mol. The van der Waals surface area contributed by atoms with Crippen LogP contribution in [0.2, 0.25) is 0 Å².